The Morgan fingerprint density at radius 1 is 1.03 bits per heavy atom. The zero-order valence-corrected chi connectivity index (χ0v) is 16.2. The van der Waals surface area contributed by atoms with E-state index in [-0.39, 0.29) is 0 Å². The number of fused-ring (bicyclic) bond motifs is 3. The van der Waals surface area contributed by atoms with E-state index in [4.69, 9.17) is 10.7 Å². The predicted octanol–water partition coefficient (Wildman–Crippen LogP) is 2.29. The zero-order chi connectivity index (χ0) is 20.6. The van der Waals surface area contributed by atoms with Crippen molar-refractivity contribution in [1.29, 1.82) is 0 Å². The SMILES string of the molecule is Nc1ncc(-c2cc(N3C[C@@H]4C[C@H]3CN4)nc(N3CC4CC3C4)n2)cc1C(F)(F)F. The molecule has 6 heterocycles. The molecule has 0 amide bonds. The average molecular weight is 417 g/mol. The molecule has 0 unspecified atom stereocenters. The molecule has 2 aromatic heterocycles. The topological polar surface area (TPSA) is 83.2 Å². The number of nitrogens with zero attached hydrogens (tertiary/aromatic N) is 5. The van der Waals surface area contributed by atoms with Crippen LogP contribution in [0.3, 0.4) is 0 Å². The van der Waals surface area contributed by atoms with E-state index >= 15 is 0 Å². The minimum Gasteiger partial charge on any atom is -0.383 e. The Balaban J connectivity index is 1.44. The van der Waals surface area contributed by atoms with Crippen LogP contribution < -0.4 is 20.9 Å². The van der Waals surface area contributed by atoms with Gasteiger partial charge >= 0.3 is 6.18 Å². The van der Waals surface area contributed by atoms with Crippen molar-refractivity contribution in [3.8, 4) is 11.3 Å². The van der Waals surface area contributed by atoms with E-state index in [2.05, 4.69) is 25.1 Å². The molecule has 158 valence electrons. The third kappa shape index (κ3) is 2.80. The van der Waals surface area contributed by atoms with E-state index in [1.165, 1.54) is 6.20 Å². The molecule has 7 rings (SSSR count). The standard InChI is InChI=1S/C20H22F3N7/c21-20(22,23)15-3-11(6-26-18(15)24)16-5-17(29-9-12-4-14(29)7-25-12)28-19(27-16)30-8-10-1-13(30)2-10/h3,5-6,10,12-14,25H,1-2,4,7-9H2,(H2,24,26)/t10?,12-,13?,14-/m0/s1. The first-order chi connectivity index (χ1) is 14.3. The maximum Gasteiger partial charge on any atom is 0.419 e. The first-order valence-electron chi connectivity index (χ1n) is 10.3. The van der Waals surface area contributed by atoms with Gasteiger partial charge in [-0.2, -0.15) is 18.2 Å². The quantitative estimate of drug-likeness (QED) is 0.793. The molecule has 2 atom stereocenters. The lowest BCUT2D eigenvalue weighted by Crippen LogP contribution is -2.44. The number of nitrogens with one attached hydrogen (secondary N) is 1. The number of anilines is 3. The summed E-state index contributed by atoms with van der Waals surface area (Å²) in [5.74, 6) is 1.53. The molecule has 1 aliphatic carbocycles. The first-order valence-corrected chi connectivity index (χ1v) is 10.3. The molecule has 3 N–H and O–H groups in total. The summed E-state index contributed by atoms with van der Waals surface area (Å²) in [6, 6.07) is 4.06. The van der Waals surface area contributed by atoms with Gasteiger partial charge in [0.1, 0.15) is 11.6 Å². The number of nitrogens with two attached hydrogens (primary N) is 1. The van der Waals surface area contributed by atoms with Crippen molar-refractivity contribution in [2.45, 2.75) is 43.6 Å². The van der Waals surface area contributed by atoms with Gasteiger partial charge in [-0.05, 0) is 31.2 Å². The molecule has 1 saturated carbocycles. The molecular formula is C20H22F3N7. The van der Waals surface area contributed by atoms with E-state index in [0.29, 0.717) is 41.2 Å². The molecule has 5 aliphatic rings. The molecule has 4 aliphatic heterocycles. The van der Waals surface area contributed by atoms with Gasteiger partial charge in [-0.25, -0.2) is 9.97 Å². The van der Waals surface area contributed by atoms with Crippen LogP contribution in [0.4, 0.5) is 30.8 Å². The van der Waals surface area contributed by atoms with Crippen molar-refractivity contribution in [2.75, 3.05) is 35.2 Å². The van der Waals surface area contributed by atoms with Gasteiger partial charge in [0, 0.05) is 55.6 Å². The summed E-state index contributed by atoms with van der Waals surface area (Å²) in [5.41, 5.74) is 5.31. The average Bonchev–Trinajstić information content (AvgIpc) is 3.46. The van der Waals surface area contributed by atoms with E-state index < -0.39 is 17.6 Å². The lowest BCUT2D eigenvalue weighted by molar-refractivity contribution is -0.137. The fourth-order valence-corrected chi connectivity index (χ4v) is 5.31. The molecule has 5 fully saturated rings. The summed E-state index contributed by atoms with van der Waals surface area (Å²) in [6.45, 7) is 2.66. The number of aromatic nitrogens is 3. The van der Waals surface area contributed by atoms with Crippen molar-refractivity contribution in [3.05, 3.63) is 23.9 Å². The van der Waals surface area contributed by atoms with Gasteiger partial charge in [-0.15, -0.1) is 0 Å². The largest absolute Gasteiger partial charge is 0.419 e. The van der Waals surface area contributed by atoms with Crippen LogP contribution in [-0.4, -0.2) is 52.7 Å². The smallest absolute Gasteiger partial charge is 0.383 e. The minimum absolute atomic E-state index is 0.301. The van der Waals surface area contributed by atoms with E-state index in [0.717, 1.165) is 50.8 Å². The fraction of sp³-hybridized carbons (Fsp3) is 0.550. The van der Waals surface area contributed by atoms with E-state index in [1.807, 2.05) is 0 Å². The molecule has 7 nitrogen and oxygen atoms in total. The summed E-state index contributed by atoms with van der Waals surface area (Å²) >= 11 is 0. The van der Waals surface area contributed by atoms with Gasteiger partial charge in [0.15, 0.2) is 0 Å². The van der Waals surface area contributed by atoms with Gasteiger partial charge in [0.2, 0.25) is 5.95 Å². The number of piperazine rings is 1. The lowest BCUT2D eigenvalue weighted by Gasteiger charge is -2.30. The summed E-state index contributed by atoms with van der Waals surface area (Å²) < 4.78 is 40.1. The molecular weight excluding hydrogens is 395 g/mol. The Morgan fingerprint density at radius 3 is 2.50 bits per heavy atom. The molecule has 4 bridgehead atoms. The summed E-state index contributed by atoms with van der Waals surface area (Å²) in [4.78, 5) is 17.8. The molecule has 2 aromatic rings. The Kier molecular flexibility index (Phi) is 3.75. The Labute approximate surface area is 171 Å². The van der Waals surface area contributed by atoms with Crippen molar-refractivity contribution in [1.82, 2.24) is 20.3 Å². The molecule has 10 heteroatoms. The van der Waals surface area contributed by atoms with Crippen LogP contribution in [0.25, 0.3) is 11.3 Å². The van der Waals surface area contributed by atoms with Crippen LogP contribution in [0.1, 0.15) is 24.8 Å². The Morgan fingerprint density at radius 2 is 1.87 bits per heavy atom. The summed E-state index contributed by atoms with van der Waals surface area (Å²) in [7, 11) is 0. The second-order valence-electron chi connectivity index (χ2n) is 8.86. The van der Waals surface area contributed by atoms with Crippen LogP contribution >= 0.6 is 0 Å². The third-order valence-corrected chi connectivity index (χ3v) is 6.93. The van der Waals surface area contributed by atoms with Crippen LogP contribution in [0.5, 0.6) is 0 Å². The molecule has 30 heavy (non-hydrogen) atoms. The molecule has 0 spiro atoms. The maximum atomic E-state index is 13.4. The normalized spacial score (nSPS) is 29.6. The van der Waals surface area contributed by atoms with Crippen molar-refractivity contribution in [3.63, 3.8) is 0 Å². The molecule has 0 aromatic carbocycles. The van der Waals surface area contributed by atoms with Crippen LogP contribution in [-0.2, 0) is 6.18 Å². The first kappa shape index (κ1) is 18.2. The highest BCUT2D eigenvalue weighted by atomic mass is 19.4. The lowest BCUT2D eigenvalue weighted by atomic mass is 9.86. The summed E-state index contributed by atoms with van der Waals surface area (Å²) in [5, 5.41) is 3.47. The second-order valence-corrected chi connectivity index (χ2v) is 8.86. The molecule has 0 radical (unpaired) electrons. The van der Waals surface area contributed by atoms with Gasteiger partial charge in [0.25, 0.3) is 0 Å². The van der Waals surface area contributed by atoms with Crippen LogP contribution in [0.15, 0.2) is 18.3 Å². The summed E-state index contributed by atoms with van der Waals surface area (Å²) in [6.07, 6.45) is 0.139. The number of alkyl halides is 3. The Bertz CT molecular complexity index is 1000. The highest BCUT2D eigenvalue weighted by Gasteiger charge is 2.45. The van der Waals surface area contributed by atoms with Crippen molar-refractivity contribution < 1.29 is 13.2 Å². The number of halogens is 3. The molecule has 4 saturated heterocycles. The van der Waals surface area contributed by atoms with Crippen molar-refractivity contribution >= 4 is 17.6 Å². The van der Waals surface area contributed by atoms with Gasteiger partial charge in [-0.1, -0.05) is 0 Å². The van der Waals surface area contributed by atoms with Gasteiger partial charge < -0.3 is 20.9 Å². The van der Waals surface area contributed by atoms with Gasteiger partial charge in [-0.3, -0.25) is 0 Å². The minimum atomic E-state index is -4.57. The van der Waals surface area contributed by atoms with E-state index in [9.17, 15) is 13.2 Å². The fourth-order valence-electron chi connectivity index (χ4n) is 5.31. The van der Waals surface area contributed by atoms with Crippen molar-refractivity contribution in [2.24, 2.45) is 5.92 Å². The number of rotatable bonds is 3. The number of hydrogen-bond acceptors (Lipinski definition) is 7. The third-order valence-electron chi connectivity index (χ3n) is 6.93. The highest BCUT2D eigenvalue weighted by Crippen LogP contribution is 2.43. The van der Waals surface area contributed by atoms with Crippen LogP contribution in [0, 0.1) is 5.92 Å². The zero-order valence-electron chi connectivity index (χ0n) is 16.2. The Hall–Kier alpha value is -2.62. The number of hydrogen-bond donors (Lipinski definition) is 2. The van der Waals surface area contributed by atoms with Gasteiger partial charge in [0.05, 0.1) is 11.3 Å². The van der Waals surface area contributed by atoms with E-state index in [1.54, 1.807) is 6.07 Å². The number of nitrogen functional groups attached to an aromatic ring is 1. The predicted molar refractivity (Wildman–Crippen MR) is 106 cm³/mol. The second kappa shape index (κ2) is 6.19. The number of pyridine rings is 1. The maximum absolute atomic E-state index is 13.4. The van der Waals surface area contributed by atoms with Crippen LogP contribution in [0.2, 0.25) is 0 Å². The monoisotopic (exact) mass is 417 g/mol. The highest BCUT2D eigenvalue weighted by molar-refractivity contribution is 5.67.